The molecule has 0 nitrogen and oxygen atoms in total. The average molecular weight is 277 g/mol. The normalized spacial score (nSPS) is 22.5. The maximum absolute atomic E-state index is 2.58. The van der Waals surface area contributed by atoms with E-state index in [1.165, 1.54) is 36.9 Å². The van der Waals surface area contributed by atoms with Crippen LogP contribution in [0.1, 0.15) is 24.8 Å². The van der Waals surface area contributed by atoms with E-state index in [-0.39, 0.29) is 0 Å². The summed E-state index contributed by atoms with van der Waals surface area (Å²) in [6.45, 7) is 12.6. The fourth-order valence-corrected chi connectivity index (χ4v) is 11.0. The second kappa shape index (κ2) is 4.97. The predicted octanol–water partition coefficient (Wildman–Crippen LogP) is 4.01. The van der Waals surface area contributed by atoms with Gasteiger partial charge in [0.2, 0.25) is 0 Å². The lowest BCUT2D eigenvalue weighted by Crippen LogP contribution is -2.58. The van der Waals surface area contributed by atoms with Crippen LogP contribution in [0.2, 0.25) is 38.3 Å². The number of aryl methyl sites for hydroxylation is 1. The van der Waals surface area contributed by atoms with Crippen molar-refractivity contribution in [2.45, 2.75) is 64.5 Å². The van der Waals surface area contributed by atoms with Crippen molar-refractivity contribution in [3.63, 3.8) is 0 Å². The van der Waals surface area contributed by atoms with Crippen molar-refractivity contribution in [1.82, 2.24) is 0 Å². The summed E-state index contributed by atoms with van der Waals surface area (Å²) < 4.78 is 0. The van der Waals surface area contributed by atoms with Gasteiger partial charge in [0.15, 0.2) is 0 Å². The summed E-state index contributed by atoms with van der Waals surface area (Å²) in [5, 5.41) is 3.58. The van der Waals surface area contributed by atoms with Gasteiger partial charge in [-0.25, -0.2) is 0 Å². The fraction of sp³-hybridized carbons (Fsp3) is 0.625. The first-order valence-electron chi connectivity index (χ1n) is 7.45. The topological polar surface area (TPSA) is 0 Å². The molecule has 18 heavy (non-hydrogen) atoms. The van der Waals surface area contributed by atoms with Gasteiger partial charge in [0.1, 0.15) is 0 Å². The van der Waals surface area contributed by atoms with Crippen LogP contribution in [0.5, 0.6) is 0 Å². The van der Waals surface area contributed by atoms with E-state index in [4.69, 9.17) is 0 Å². The Balaban J connectivity index is 2.58. The van der Waals surface area contributed by atoms with E-state index >= 15 is 0 Å². The molecule has 0 saturated heterocycles. The van der Waals surface area contributed by atoms with Gasteiger partial charge in [0, 0.05) is 0 Å². The maximum Gasteiger partial charge on any atom is 0.0805 e. The maximum atomic E-state index is 2.58. The zero-order valence-corrected chi connectivity index (χ0v) is 14.8. The van der Waals surface area contributed by atoms with Crippen LogP contribution in [0.4, 0.5) is 0 Å². The molecule has 0 atom stereocenters. The molecule has 0 saturated carbocycles. The molecule has 0 amide bonds. The summed E-state index contributed by atoms with van der Waals surface area (Å²) in [5.41, 5.74) is 1.46. The number of rotatable bonds is 0. The average Bonchev–Trinajstić information content (AvgIpc) is 2.30. The van der Waals surface area contributed by atoms with Gasteiger partial charge in [-0.3, -0.25) is 0 Å². The van der Waals surface area contributed by atoms with Gasteiger partial charge in [0.05, 0.1) is 16.1 Å². The first kappa shape index (κ1) is 14.1. The predicted molar refractivity (Wildman–Crippen MR) is 88.9 cm³/mol. The molecule has 0 unspecified atom stereocenters. The van der Waals surface area contributed by atoms with Crippen LogP contribution in [0.3, 0.4) is 0 Å². The van der Waals surface area contributed by atoms with Crippen molar-refractivity contribution in [3.05, 3.63) is 23.8 Å². The van der Waals surface area contributed by atoms with Crippen LogP contribution in [0.15, 0.2) is 18.2 Å². The minimum absolute atomic E-state index is 1.20. The van der Waals surface area contributed by atoms with Gasteiger partial charge in [0.25, 0.3) is 0 Å². The monoisotopic (exact) mass is 276 g/mol. The number of fused-ring (bicyclic) bond motifs is 1. The molecule has 1 aromatic rings. The Hall–Kier alpha value is -0.346. The quantitative estimate of drug-likeness (QED) is 0.628. The Morgan fingerprint density at radius 3 is 1.94 bits per heavy atom. The molecule has 0 aliphatic carbocycles. The Morgan fingerprint density at radius 2 is 1.33 bits per heavy atom. The van der Waals surface area contributed by atoms with Crippen LogP contribution >= 0.6 is 0 Å². The molecule has 2 heteroatoms. The Bertz CT molecular complexity index is 433. The summed E-state index contributed by atoms with van der Waals surface area (Å²) in [6.07, 6.45) is 4.37. The highest BCUT2D eigenvalue weighted by molar-refractivity contribution is 6.99. The van der Waals surface area contributed by atoms with E-state index in [9.17, 15) is 0 Å². The van der Waals surface area contributed by atoms with Crippen molar-refractivity contribution < 1.29 is 0 Å². The van der Waals surface area contributed by atoms with E-state index in [2.05, 4.69) is 51.3 Å². The lowest BCUT2D eigenvalue weighted by atomic mass is 10.2. The number of hydrogen-bond donors (Lipinski definition) is 0. The Kier molecular flexibility index (Phi) is 3.89. The van der Waals surface area contributed by atoms with Gasteiger partial charge in [-0.15, -0.1) is 0 Å². The second-order valence-electron chi connectivity index (χ2n) is 7.38. The molecular formula is C16H28Si2. The minimum atomic E-state index is -1.21. The highest BCUT2D eigenvalue weighted by Crippen LogP contribution is 2.23. The molecule has 0 bridgehead atoms. The van der Waals surface area contributed by atoms with Crippen molar-refractivity contribution in [1.29, 1.82) is 0 Å². The third kappa shape index (κ3) is 2.80. The van der Waals surface area contributed by atoms with Crippen LogP contribution in [0, 0.1) is 6.92 Å². The zero-order valence-electron chi connectivity index (χ0n) is 12.8. The number of benzene rings is 1. The standard InChI is InChI=1S/C16H28Si2/c1-14-9-10-15-16(13-14)18(4,5)12-8-6-7-11-17(15,2)3/h9-10,13H,6-8,11-12H2,1-5H3. The van der Waals surface area contributed by atoms with E-state index in [0.717, 1.165) is 0 Å². The Morgan fingerprint density at radius 1 is 0.778 bits per heavy atom. The molecule has 0 N–H and O–H groups in total. The van der Waals surface area contributed by atoms with Gasteiger partial charge in [-0.1, -0.05) is 91.7 Å². The summed E-state index contributed by atoms with van der Waals surface area (Å²) >= 11 is 0. The molecule has 1 heterocycles. The summed E-state index contributed by atoms with van der Waals surface area (Å²) in [5.74, 6) is 0. The number of hydrogen-bond acceptors (Lipinski definition) is 0. The highest BCUT2D eigenvalue weighted by atomic mass is 28.3. The largest absolute Gasteiger partial charge is 0.0805 e. The lowest BCUT2D eigenvalue weighted by Gasteiger charge is -2.31. The second-order valence-corrected chi connectivity index (χ2v) is 17.0. The smallest absolute Gasteiger partial charge is 0.0654 e. The van der Waals surface area contributed by atoms with Crippen molar-refractivity contribution in [3.8, 4) is 0 Å². The van der Waals surface area contributed by atoms with Gasteiger partial charge in [-0.2, -0.15) is 0 Å². The highest BCUT2D eigenvalue weighted by Gasteiger charge is 2.33. The van der Waals surface area contributed by atoms with Crippen molar-refractivity contribution in [2.24, 2.45) is 0 Å². The van der Waals surface area contributed by atoms with Crippen LogP contribution in [0.25, 0.3) is 0 Å². The van der Waals surface area contributed by atoms with E-state index in [0.29, 0.717) is 0 Å². The molecule has 1 aromatic carbocycles. The zero-order chi connectivity index (χ0) is 13.4. The molecule has 0 radical (unpaired) electrons. The first-order valence-corrected chi connectivity index (χ1v) is 13.9. The molecular weight excluding hydrogens is 248 g/mol. The van der Waals surface area contributed by atoms with E-state index in [1.807, 2.05) is 0 Å². The van der Waals surface area contributed by atoms with Gasteiger partial charge in [-0.05, 0) is 6.92 Å². The van der Waals surface area contributed by atoms with Crippen LogP contribution in [-0.2, 0) is 0 Å². The molecule has 100 valence electrons. The molecule has 0 spiro atoms. The Labute approximate surface area is 115 Å². The molecule has 0 aromatic heterocycles. The SMILES string of the molecule is Cc1ccc2c(c1)[Si](C)(C)CCCCC[Si]2(C)C. The molecule has 1 aliphatic heterocycles. The van der Waals surface area contributed by atoms with E-state index < -0.39 is 16.1 Å². The van der Waals surface area contributed by atoms with E-state index in [1.54, 1.807) is 10.4 Å². The first-order chi connectivity index (χ1) is 8.33. The third-order valence-electron chi connectivity index (χ3n) is 4.74. The molecule has 1 aliphatic rings. The summed E-state index contributed by atoms with van der Waals surface area (Å²) in [6, 6.07) is 10.3. The molecule has 2 rings (SSSR count). The molecule has 0 fully saturated rings. The fourth-order valence-electron chi connectivity index (χ4n) is 3.39. The van der Waals surface area contributed by atoms with Gasteiger partial charge < -0.3 is 0 Å². The van der Waals surface area contributed by atoms with Crippen molar-refractivity contribution in [2.75, 3.05) is 0 Å². The summed E-state index contributed by atoms with van der Waals surface area (Å²) in [7, 11) is -2.41. The summed E-state index contributed by atoms with van der Waals surface area (Å²) in [4.78, 5) is 0. The minimum Gasteiger partial charge on any atom is -0.0654 e. The lowest BCUT2D eigenvalue weighted by molar-refractivity contribution is 0.758. The van der Waals surface area contributed by atoms with Crippen LogP contribution in [-0.4, -0.2) is 16.1 Å². The van der Waals surface area contributed by atoms with Crippen molar-refractivity contribution >= 4 is 26.5 Å². The third-order valence-corrected chi connectivity index (χ3v) is 12.0. The van der Waals surface area contributed by atoms with Gasteiger partial charge >= 0.3 is 0 Å². The van der Waals surface area contributed by atoms with Crippen LogP contribution < -0.4 is 10.4 Å².